The molecule has 0 fully saturated rings. The van der Waals surface area contributed by atoms with Gasteiger partial charge in [-0.25, -0.2) is 10.5 Å². The molecule has 2 aromatic rings. The fourth-order valence-corrected chi connectivity index (χ4v) is 3.93. The van der Waals surface area contributed by atoms with Crippen LogP contribution in [0.5, 0.6) is 11.5 Å². The normalized spacial score (nSPS) is 14.8. The van der Waals surface area contributed by atoms with Gasteiger partial charge in [0.05, 0.1) is 0 Å². The molecule has 0 aliphatic carbocycles. The second kappa shape index (κ2) is 21.3. The zero-order valence-electron chi connectivity index (χ0n) is 26.6. The van der Waals surface area contributed by atoms with Crippen LogP contribution in [0.3, 0.4) is 0 Å². The van der Waals surface area contributed by atoms with Crippen molar-refractivity contribution in [2.75, 3.05) is 26.2 Å². The molecule has 12 heteroatoms. The molecule has 0 radical (unpaired) electrons. The number of aryl methyl sites for hydroxylation is 2. The van der Waals surface area contributed by atoms with E-state index < -0.39 is 0 Å². The quantitative estimate of drug-likeness (QED) is 0.340. The van der Waals surface area contributed by atoms with Crippen LogP contribution in [0.1, 0.15) is 74.9 Å². The third-order valence-corrected chi connectivity index (χ3v) is 6.23. The van der Waals surface area contributed by atoms with Crippen molar-refractivity contribution in [3.63, 3.8) is 0 Å². The summed E-state index contributed by atoms with van der Waals surface area (Å²) in [6.45, 7) is 14.5. The Morgan fingerprint density at radius 1 is 0.591 bits per heavy atom. The van der Waals surface area contributed by atoms with Crippen LogP contribution in [0.15, 0.2) is 44.2 Å². The zero-order valence-corrected chi connectivity index (χ0v) is 32.5. The van der Waals surface area contributed by atoms with Crippen molar-refractivity contribution in [1.29, 1.82) is 10.5 Å². The summed E-state index contributed by atoms with van der Waals surface area (Å²) in [4.78, 5) is 18.4. The van der Waals surface area contributed by atoms with Crippen LogP contribution in [-0.2, 0) is 51.8 Å². The summed E-state index contributed by atoms with van der Waals surface area (Å²) in [7, 11) is 0. The van der Waals surface area contributed by atoms with Crippen molar-refractivity contribution in [1.82, 2.24) is 0 Å². The van der Waals surface area contributed by atoms with Crippen molar-refractivity contribution in [2.45, 2.75) is 54.4 Å². The maximum absolute atomic E-state index is 13.1. The fourth-order valence-electron chi connectivity index (χ4n) is 3.93. The van der Waals surface area contributed by atoms with E-state index in [2.05, 4.69) is 61.5 Å². The minimum absolute atomic E-state index is 0. The molecular weight excluding hydrogens is 663 g/mol. The maximum atomic E-state index is 13.1. The van der Waals surface area contributed by atoms with Crippen LogP contribution in [0.2, 0.25) is 0 Å². The van der Waals surface area contributed by atoms with Gasteiger partial charge in [0.15, 0.2) is 0 Å². The number of rotatable bonds is 2. The van der Waals surface area contributed by atoms with E-state index in [0.29, 0.717) is 60.9 Å². The second-order valence-electron chi connectivity index (χ2n) is 11.3. The molecule has 4 bridgehead atoms. The first-order valence-electron chi connectivity index (χ1n) is 13.6. The van der Waals surface area contributed by atoms with E-state index in [1.807, 2.05) is 24.3 Å². The van der Waals surface area contributed by atoms with Crippen molar-refractivity contribution in [3.05, 3.63) is 57.6 Å². The first-order valence-corrected chi connectivity index (χ1v) is 13.6. The number of nitrogens with zero attached hydrogens (tertiary/aromatic N) is 6. The topological polar surface area (TPSA) is 189 Å². The van der Waals surface area contributed by atoms with E-state index in [1.54, 1.807) is 24.9 Å². The molecule has 0 N–H and O–H groups in total. The molecule has 10 nitrogen and oxygen atoms in total. The molecule has 0 saturated heterocycles. The predicted molar refractivity (Wildman–Crippen MR) is 159 cm³/mol. The molecule has 0 amide bonds. The van der Waals surface area contributed by atoms with E-state index in [-0.39, 0.29) is 61.3 Å². The summed E-state index contributed by atoms with van der Waals surface area (Å²) >= 11 is 0. The molecule has 3 rings (SSSR count). The minimum atomic E-state index is -0.231. The summed E-state index contributed by atoms with van der Waals surface area (Å²) in [6.07, 6.45) is 9.35. The average Bonchev–Trinajstić information content (AvgIpc) is 2.92. The van der Waals surface area contributed by atoms with Gasteiger partial charge >= 0.3 is 39.0 Å². The Kier molecular flexibility index (Phi) is 20.6. The molecule has 1 heterocycles. The average molecular weight is 701 g/mol. The van der Waals surface area contributed by atoms with Gasteiger partial charge in [0.25, 0.3) is 0 Å². The van der Waals surface area contributed by atoms with Gasteiger partial charge in [-0.3, -0.25) is 20.0 Å². The summed E-state index contributed by atoms with van der Waals surface area (Å²) in [5, 5.41) is 56.1. The van der Waals surface area contributed by atoms with Crippen LogP contribution in [-0.4, -0.2) is 51.0 Å². The Morgan fingerprint density at radius 3 is 0.977 bits per heavy atom. The minimum Gasteiger partial charge on any atom is -0.872 e. The number of aliphatic imine (C=N–C) groups is 4. The smallest absolute Gasteiger partial charge is 0.872 e. The number of benzene rings is 2. The third-order valence-electron chi connectivity index (χ3n) is 6.23. The van der Waals surface area contributed by atoms with Gasteiger partial charge in [-0.2, -0.15) is 0 Å². The molecule has 0 aromatic heterocycles. The molecule has 224 valence electrons. The molecule has 1 aliphatic rings. The second-order valence-corrected chi connectivity index (χ2v) is 11.3. The van der Waals surface area contributed by atoms with Crippen molar-refractivity contribution in [3.8, 4) is 24.0 Å². The van der Waals surface area contributed by atoms with Crippen LogP contribution >= 0.6 is 0 Å². The molecule has 2 aromatic carbocycles. The fraction of sp³-hybridized carbons (Fsp3) is 0.438. The SMILES string of the molecule is CCc1cc2c([O-])c(c1)C=NCC(C)(C)CN=Cc1cc(CC)cc(c1[O-])C=NCC(C)(C)CN=C2.N#C[O-].N#C[O-].[Zn+2].[Zn+2]. The molecule has 0 unspecified atom stereocenters. The first kappa shape index (κ1) is 42.7. The molecule has 0 saturated carbocycles. The Bertz CT molecular complexity index is 1210. The van der Waals surface area contributed by atoms with Gasteiger partial charge in [0.1, 0.15) is 0 Å². The summed E-state index contributed by atoms with van der Waals surface area (Å²) in [5.41, 5.74) is 4.00. The molecule has 0 atom stereocenters. The summed E-state index contributed by atoms with van der Waals surface area (Å²) in [6, 6.07) is 7.64. The molecule has 44 heavy (non-hydrogen) atoms. The Morgan fingerprint density at radius 2 is 0.795 bits per heavy atom. The molecule has 1 aliphatic heterocycles. The van der Waals surface area contributed by atoms with Gasteiger partial charge < -0.3 is 20.4 Å². The molecule has 0 spiro atoms. The van der Waals surface area contributed by atoms with Gasteiger partial charge in [0, 0.05) is 74.4 Å². The van der Waals surface area contributed by atoms with Crippen LogP contribution in [0, 0.1) is 33.9 Å². The monoisotopic (exact) mass is 698 g/mol. The largest absolute Gasteiger partial charge is 2.00 e. The maximum Gasteiger partial charge on any atom is 2.00 e. The van der Waals surface area contributed by atoms with Gasteiger partial charge in [-0.05, 0) is 46.2 Å². The number of nitriles is 2. The Labute approximate surface area is 286 Å². The predicted octanol–water partition coefficient (Wildman–Crippen LogP) is 2.05. The summed E-state index contributed by atoms with van der Waals surface area (Å²) in [5.74, 6) is -0.122. The van der Waals surface area contributed by atoms with Crippen LogP contribution in [0.4, 0.5) is 0 Å². The van der Waals surface area contributed by atoms with Crippen molar-refractivity contribution >= 4 is 24.9 Å². The van der Waals surface area contributed by atoms with Gasteiger partial charge in [-0.1, -0.05) is 77.3 Å². The van der Waals surface area contributed by atoms with Crippen molar-refractivity contribution < 1.29 is 59.4 Å². The van der Waals surface area contributed by atoms with E-state index in [1.165, 1.54) is 0 Å². The number of fused-ring (bicyclic) bond motifs is 4. The van der Waals surface area contributed by atoms with Gasteiger partial charge in [0.2, 0.25) is 0 Å². The summed E-state index contributed by atoms with van der Waals surface area (Å²) < 4.78 is 0. The van der Waals surface area contributed by atoms with E-state index in [4.69, 9.17) is 20.7 Å². The standard InChI is InChI=1S/C30H40N4O2.2CHNO.2Zn/c1-7-21-9-23-13-31-17-29(3,4)19-33-15-25-11-22(8-2)12-26(28(25)36)16-34-20-30(5,6)18-32-14-24(10-21)27(23)35;2*2-1-3;;/h9-16,35-36H,7-8,17-20H2,1-6H3;2*3H;;/q;;;2*+2/p-4. The van der Waals surface area contributed by atoms with Crippen molar-refractivity contribution in [2.24, 2.45) is 30.8 Å². The van der Waals surface area contributed by atoms with Gasteiger partial charge in [-0.15, -0.1) is 0 Å². The van der Waals surface area contributed by atoms with E-state index >= 15 is 0 Å². The van der Waals surface area contributed by atoms with E-state index in [0.717, 1.165) is 24.0 Å². The van der Waals surface area contributed by atoms with Crippen LogP contribution in [0.25, 0.3) is 0 Å². The number of hydrogen-bond acceptors (Lipinski definition) is 10. The van der Waals surface area contributed by atoms with Crippen LogP contribution < -0.4 is 20.4 Å². The third kappa shape index (κ3) is 14.8. The molecular formula is C32H38N6O4Zn2. The Hall–Kier alpha value is -3.45. The Balaban J connectivity index is 0. The number of hydrogen-bond donors (Lipinski definition) is 0. The van der Waals surface area contributed by atoms with E-state index in [9.17, 15) is 10.2 Å². The zero-order chi connectivity index (χ0) is 31.8. The first-order chi connectivity index (χ1) is 19.9.